The molecule has 0 saturated heterocycles. The fourth-order valence-corrected chi connectivity index (χ4v) is 3.99. The molecule has 0 spiro atoms. The third-order valence-corrected chi connectivity index (χ3v) is 6.04. The molecule has 1 fully saturated rings. The molecule has 6 nitrogen and oxygen atoms in total. The van der Waals surface area contributed by atoms with Crippen molar-refractivity contribution in [3.63, 3.8) is 0 Å². The Morgan fingerprint density at radius 1 is 1.06 bits per heavy atom. The van der Waals surface area contributed by atoms with E-state index >= 15 is 0 Å². The number of nitrogens with one attached hydrogen (secondary N) is 2. The van der Waals surface area contributed by atoms with Crippen molar-refractivity contribution in [3.8, 4) is 0 Å². The summed E-state index contributed by atoms with van der Waals surface area (Å²) in [6, 6.07) is 10.5. The van der Waals surface area contributed by atoms with E-state index in [-0.39, 0.29) is 36.9 Å². The van der Waals surface area contributed by atoms with Gasteiger partial charge in [0.25, 0.3) is 0 Å². The van der Waals surface area contributed by atoms with Gasteiger partial charge in [-0.05, 0) is 54.5 Å². The van der Waals surface area contributed by atoms with Gasteiger partial charge in [-0.3, -0.25) is 9.59 Å². The quantitative estimate of drug-likeness (QED) is 0.390. The Bertz CT molecular complexity index is 974. The minimum absolute atomic E-state index is 0.00530. The highest BCUT2D eigenvalue weighted by atomic mass is 19.1. The lowest BCUT2D eigenvalue weighted by atomic mass is 9.98. The van der Waals surface area contributed by atoms with Gasteiger partial charge in [0.15, 0.2) is 0 Å². The first-order chi connectivity index (χ1) is 15.7. The van der Waals surface area contributed by atoms with Crippen molar-refractivity contribution in [1.82, 2.24) is 10.6 Å². The average molecular weight is 461 g/mol. The average Bonchev–Trinajstić information content (AvgIpc) is 3.56. The van der Waals surface area contributed by atoms with Crippen LogP contribution in [0.2, 0.25) is 0 Å². The summed E-state index contributed by atoms with van der Waals surface area (Å²) in [6.45, 7) is 2.24. The summed E-state index contributed by atoms with van der Waals surface area (Å²) in [6.07, 6.45) is 1.08. The molecule has 0 bridgehead atoms. The first kappa shape index (κ1) is 24.8. The van der Waals surface area contributed by atoms with Crippen molar-refractivity contribution < 1.29 is 28.6 Å². The minimum Gasteiger partial charge on any atom is -0.481 e. The Morgan fingerprint density at radius 3 is 2.36 bits per heavy atom. The van der Waals surface area contributed by atoms with Crippen LogP contribution in [0.3, 0.4) is 0 Å². The molecular weight excluding hydrogens is 430 g/mol. The summed E-state index contributed by atoms with van der Waals surface area (Å²) < 4.78 is 27.3. The Morgan fingerprint density at radius 2 is 1.76 bits per heavy atom. The third-order valence-electron chi connectivity index (χ3n) is 6.04. The molecule has 1 aliphatic carbocycles. The minimum atomic E-state index is -1.11. The van der Waals surface area contributed by atoms with Gasteiger partial charge in [0, 0.05) is 24.6 Å². The maximum atomic E-state index is 13.6. The number of benzene rings is 2. The number of hydrogen-bond donors (Lipinski definition) is 4. The second-order valence-electron chi connectivity index (χ2n) is 8.63. The van der Waals surface area contributed by atoms with Gasteiger partial charge in [-0.25, -0.2) is 8.78 Å². The maximum absolute atomic E-state index is 13.6. The van der Waals surface area contributed by atoms with Crippen LogP contribution in [0.1, 0.15) is 49.3 Å². The number of carboxylic acid groups (broad SMARTS) is 1. The molecule has 1 saturated carbocycles. The molecule has 33 heavy (non-hydrogen) atoms. The van der Waals surface area contributed by atoms with Crippen molar-refractivity contribution in [1.29, 1.82) is 0 Å². The molecule has 2 aromatic carbocycles. The number of carbonyl (C=O) groups excluding carboxylic acids is 1. The first-order valence-electron chi connectivity index (χ1n) is 11.2. The van der Waals surface area contributed by atoms with Crippen molar-refractivity contribution in [3.05, 3.63) is 70.8 Å². The van der Waals surface area contributed by atoms with E-state index in [4.69, 9.17) is 5.11 Å². The predicted octanol–water partition coefficient (Wildman–Crippen LogP) is 3.06. The van der Waals surface area contributed by atoms with E-state index in [1.807, 2.05) is 12.1 Å². The third kappa shape index (κ3) is 7.07. The number of carbonyl (C=O) groups is 2. The lowest BCUT2D eigenvalue weighted by molar-refractivity contribution is -0.139. The summed E-state index contributed by atoms with van der Waals surface area (Å²) in [7, 11) is 0. The number of aryl methyl sites for hydroxylation is 1. The van der Waals surface area contributed by atoms with E-state index in [9.17, 15) is 23.5 Å². The van der Waals surface area contributed by atoms with Crippen LogP contribution in [-0.4, -0.2) is 40.8 Å². The zero-order valence-electron chi connectivity index (χ0n) is 18.6. The Labute approximate surface area is 192 Å². The van der Waals surface area contributed by atoms with Crippen LogP contribution in [0.5, 0.6) is 0 Å². The molecule has 178 valence electrons. The van der Waals surface area contributed by atoms with Crippen LogP contribution in [-0.2, 0) is 28.0 Å². The second-order valence-corrected chi connectivity index (χ2v) is 8.63. The van der Waals surface area contributed by atoms with Gasteiger partial charge in [-0.1, -0.05) is 31.2 Å². The normalized spacial score (nSPS) is 16.1. The zero-order valence-corrected chi connectivity index (χ0v) is 18.6. The van der Waals surface area contributed by atoms with E-state index in [0.29, 0.717) is 0 Å². The molecule has 3 rings (SSSR count). The number of rotatable bonds is 12. The lowest BCUT2D eigenvalue weighted by Gasteiger charge is -2.27. The summed E-state index contributed by atoms with van der Waals surface area (Å²) in [5.74, 6) is -3.15. The molecule has 0 heterocycles. The smallest absolute Gasteiger partial charge is 0.303 e. The van der Waals surface area contributed by atoms with Crippen molar-refractivity contribution in [2.75, 3.05) is 6.54 Å². The van der Waals surface area contributed by atoms with Crippen LogP contribution >= 0.6 is 0 Å². The Hall–Kier alpha value is -2.84. The number of halogens is 2. The molecule has 0 radical (unpaired) electrons. The van der Waals surface area contributed by atoms with Gasteiger partial charge >= 0.3 is 5.97 Å². The zero-order chi connectivity index (χ0) is 24.0. The van der Waals surface area contributed by atoms with Gasteiger partial charge in [0.2, 0.25) is 5.91 Å². The SMILES string of the molecule is CCc1cccc(C2(NCC(O)C(Cc3cc(F)cc(F)c3)NC(=O)CCC(=O)O)CC2)c1. The summed E-state index contributed by atoms with van der Waals surface area (Å²) in [5.41, 5.74) is 2.41. The number of aliphatic hydroxyl groups excluding tert-OH is 1. The largest absolute Gasteiger partial charge is 0.481 e. The maximum Gasteiger partial charge on any atom is 0.303 e. The van der Waals surface area contributed by atoms with Crippen LogP contribution < -0.4 is 10.6 Å². The number of aliphatic hydroxyl groups is 1. The number of aliphatic carboxylic acids is 1. The van der Waals surface area contributed by atoms with Crippen molar-refractivity contribution in [2.45, 2.75) is 63.1 Å². The topological polar surface area (TPSA) is 98.7 Å². The fourth-order valence-electron chi connectivity index (χ4n) is 3.99. The molecule has 2 aromatic rings. The van der Waals surface area contributed by atoms with Crippen LogP contribution in [0.25, 0.3) is 0 Å². The van der Waals surface area contributed by atoms with E-state index in [0.717, 1.165) is 43.0 Å². The highest BCUT2D eigenvalue weighted by Gasteiger charge is 2.44. The predicted molar refractivity (Wildman–Crippen MR) is 120 cm³/mol. The monoisotopic (exact) mass is 460 g/mol. The van der Waals surface area contributed by atoms with Crippen LogP contribution in [0, 0.1) is 11.6 Å². The standard InChI is InChI=1S/C25H30F2N2O4/c1-2-16-4-3-5-18(10-16)25(8-9-25)28-15-22(30)21(29-23(31)6-7-24(32)33)13-17-11-19(26)14-20(27)12-17/h3-5,10-12,14,21-22,28,30H,2,6-9,13,15H2,1H3,(H,29,31)(H,32,33). The summed E-state index contributed by atoms with van der Waals surface area (Å²) in [5, 5.41) is 25.7. The highest BCUT2D eigenvalue weighted by molar-refractivity contribution is 5.80. The van der Waals surface area contributed by atoms with Crippen LogP contribution in [0.15, 0.2) is 42.5 Å². The number of carboxylic acids is 1. The van der Waals surface area contributed by atoms with Gasteiger partial charge in [0.1, 0.15) is 11.6 Å². The summed E-state index contributed by atoms with van der Waals surface area (Å²) >= 11 is 0. The Balaban J connectivity index is 1.70. The molecule has 0 aromatic heterocycles. The first-order valence-corrected chi connectivity index (χ1v) is 11.2. The highest BCUT2D eigenvalue weighted by Crippen LogP contribution is 2.45. The molecule has 1 amide bonds. The van der Waals surface area contributed by atoms with E-state index in [1.165, 1.54) is 5.56 Å². The molecule has 1 aliphatic rings. The molecular formula is C25H30F2N2O4. The molecule has 0 aliphatic heterocycles. The molecule has 8 heteroatoms. The van der Waals surface area contributed by atoms with Crippen LogP contribution in [0.4, 0.5) is 8.78 Å². The van der Waals surface area contributed by atoms with Gasteiger partial charge in [-0.15, -0.1) is 0 Å². The fraction of sp³-hybridized carbons (Fsp3) is 0.440. The van der Waals surface area contributed by atoms with Gasteiger partial charge in [-0.2, -0.15) is 0 Å². The van der Waals surface area contributed by atoms with Gasteiger partial charge in [0.05, 0.1) is 18.6 Å². The summed E-state index contributed by atoms with van der Waals surface area (Å²) in [4.78, 5) is 23.0. The lowest BCUT2D eigenvalue weighted by Crippen LogP contribution is -2.50. The van der Waals surface area contributed by atoms with Gasteiger partial charge < -0.3 is 20.8 Å². The molecule has 2 atom stereocenters. The van der Waals surface area contributed by atoms with E-state index < -0.39 is 35.7 Å². The van der Waals surface area contributed by atoms with Crippen molar-refractivity contribution in [2.24, 2.45) is 0 Å². The molecule has 2 unspecified atom stereocenters. The Kier molecular flexibility index (Phi) is 8.15. The van der Waals surface area contributed by atoms with E-state index in [2.05, 4.69) is 29.7 Å². The van der Waals surface area contributed by atoms with E-state index in [1.54, 1.807) is 0 Å². The second kappa shape index (κ2) is 10.9. The number of hydrogen-bond acceptors (Lipinski definition) is 4. The molecule has 4 N–H and O–H groups in total. The number of amides is 1. The van der Waals surface area contributed by atoms with Crippen molar-refractivity contribution >= 4 is 11.9 Å².